The van der Waals surface area contributed by atoms with E-state index in [1.807, 2.05) is 6.92 Å². The minimum Gasteiger partial charge on any atom is -0.475 e. The minimum absolute atomic E-state index is 0.0815. The van der Waals surface area contributed by atoms with Crippen molar-refractivity contribution in [1.82, 2.24) is 15.2 Å². The maximum absolute atomic E-state index is 10.7. The number of hydrogen-bond donors (Lipinski definition) is 3. The topological polar surface area (TPSA) is 118 Å². The number of furan rings is 1. The number of rotatable bonds is 4. The molecule has 2 aromatic heterocycles. The first kappa shape index (κ1) is 11.5. The SMILES string of the molecule is CC(Sc1n[nH]c(N)n1)c1ccc(C(=O)O)o1. The molecule has 0 saturated carbocycles. The van der Waals surface area contributed by atoms with E-state index < -0.39 is 5.97 Å². The fourth-order valence-corrected chi connectivity index (χ4v) is 2.02. The quantitative estimate of drug-likeness (QED) is 0.708. The van der Waals surface area contributed by atoms with E-state index in [-0.39, 0.29) is 17.0 Å². The van der Waals surface area contributed by atoms with E-state index in [9.17, 15) is 4.79 Å². The Balaban J connectivity index is 2.08. The highest BCUT2D eigenvalue weighted by atomic mass is 32.2. The van der Waals surface area contributed by atoms with E-state index in [4.69, 9.17) is 15.3 Å². The predicted molar refractivity (Wildman–Crippen MR) is 60.7 cm³/mol. The van der Waals surface area contributed by atoms with Crippen molar-refractivity contribution in [2.75, 3.05) is 5.73 Å². The Hall–Kier alpha value is -1.96. The molecule has 1 atom stereocenters. The maximum atomic E-state index is 10.7. The Labute approximate surface area is 100 Å². The molecule has 4 N–H and O–H groups in total. The van der Waals surface area contributed by atoms with Crippen LogP contribution >= 0.6 is 11.8 Å². The third kappa shape index (κ3) is 2.59. The molecule has 0 aliphatic rings. The second-order valence-electron chi connectivity index (χ2n) is 3.27. The van der Waals surface area contributed by atoms with Gasteiger partial charge in [-0.2, -0.15) is 4.98 Å². The lowest BCUT2D eigenvalue weighted by Gasteiger charge is -2.03. The molecule has 0 aromatic carbocycles. The molecule has 8 heteroatoms. The first-order chi connectivity index (χ1) is 8.06. The van der Waals surface area contributed by atoms with Gasteiger partial charge in [0.2, 0.25) is 16.9 Å². The molecular formula is C9H10N4O3S. The van der Waals surface area contributed by atoms with E-state index in [1.54, 1.807) is 6.07 Å². The highest BCUT2D eigenvalue weighted by Gasteiger charge is 2.16. The smallest absolute Gasteiger partial charge is 0.371 e. The molecule has 7 nitrogen and oxygen atoms in total. The van der Waals surface area contributed by atoms with Crippen LogP contribution in [0.1, 0.15) is 28.5 Å². The van der Waals surface area contributed by atoms with Crippen LogP contribution in [0, 0.1) is 0 Å². The van der Waals surface area contributed by atoms with Gasteiger partial charge in [-0.15, -0.1) is 5.10 Å². The molecule has 0 spiro atoms. The van der Waals surface area contributed by atoms with Gasteiger partial charge in [0.05, 0.1) is 5.25 Å². The summed E-state index contributed by atoms with van der Waals surface area (Å²) in [4.78, 5) is 14.6. The molecule has 0 amide bonds. The Morgan fingerprint density at radius 3 is 2.94 bits per heavy atom. The van der Waals surface area contributed by atoms with Crippen LogP contribution in [0.3, 0.4) is 0 Å². The number of hydrogen-bond acceptors (Lipinski definition) is 6. The number of nitrogens with zero attached hydrogens (tertiary/aromatic N) is 2. The van der Waals surface area contributed by atoms with Gasteiger partial charge in [-0.25, -0.2) is 9.89 Å². The zero-order valence-corrected chi connectivity index (χ0v) is 9.69. The standard InChI is InChI=1S/C9H10N4O3S/c1-4(17-9-11-8(10)12-13-9)5-2-3-6(16-5)7(14)15/h2-4H,1H3,(H,14,15)(H3,10,11,12,13). The molecule has 1 unspecified atom stereocenters. The number of nitrogen functional groups attached to an aromatic ring is 1. The fourth-order valence-electron chi connectivity index (χ4n) is 1.21. The summed E-state index contributed by atoms with van der Waals surface area (Å²) in [7, 11) is 0. The molecule has 0 aliphatic heterocycles. The molecule has 2 heterocycles. The van der Waals surface area contributed by atoms with E-state index in [2.05, 4.69) is 15.2 Å². The monoisotopic (exact) mass is 254 g/mol. The minimum atomic E-state index is -1.09. The molecule has 17 heavy (non-hydrogen) atoms. The summed E-state index contributed by atoms with van der Waals surface area (Å²) in [5.41, 5.74) is 5.39. The van der Waals surface area contributed by atoms with Crippen molar-refractivity contribution >= 4 is 23.7 Å². The normalized spacial score (nSPS) is 12.5. The molecule has 0 saturated heterocycles. The maximum Gasteiger partial charge on any atom is 0.371 e. The van der Waals surface area contributed by atoms with Crippen LogP contribution in [0.25, 0.3) is 0 Å². The number of carbonyl (C=O) groups is 1. The van der Waals surface area contributed by atoms with Gasteiger partial charge in [0.1, 0.15) is 5.76 Å². The van der Waals surface area contributed by atoms with Gasteiger partial charge in [0, 0.05) is 0 Å². The van der Waals surface area contributed by atoms with E-state index in [0.29, 0.717) is 10.9 Å². The van der Waals surface area contributed by atoms with Crippen LogP contribution < -0.4 is 5.73 Å². The average molecular weight is 254 g/mol. The van der Waals surface area contributed by atoms with Gasteiger partial charge in [-0.05, 0) is 19.1 Å². The summed E-state index contributed by atoms with van der Waals surface area (Å²) in [5, 5.41) is 15.5. The summed E-state index contributed by atoms with van der Waals surface area (Å²) in [6.45, 7) is 1.86. The largest absolute Gasteiger partial charge is 0.475 e. The summed E-state index contributed by atoms with van der Waals surface area (Å²) in [6, 6.07) is 3.04. The molecule has 2 rings (SSSR count). The number of aromatic nitrogens is 3. The van der Waals surface area contributed by atoms with Crippen LogP contribution in [-0.2, 0) is 0 Å². The third-order valence-corrected chi connectivity index (χ3v) is 2.98. The zero-order valence-electron chi connectivity index (χ0n) is 8.88. The fraction of sp³-hybridized carbons (Fsp3) is 0.222. The zero-order chi connectivity index (χ0) is 12.4. The Bertz CT molecular complexity index is 536. The number of nitrogens with two attached hydrogens (primary N) is 1. The van der Waals surface area contributed by atoms with E-state index in [1.165, 1.54) is 17.8 Å². The number of aromatic amines is 1. The average Bonchev–Trinajstić information content (AvgIpc) is 2.86. The van der Waals surface area contributed by atoms with Crippen molar-refractivity contribution < 1.29 is 14.3 Å². The lowest BCUT2D eigenvalue weighted by atomic mass is 10.3. The summed E-state index contributed by atoms with van der Waals surface area (Å²) in [6.07, 6.45) is 0. The molecular weight excluding hydrogens is 244 g/mol. The second kappa shape index (κ2) is 4.50. The van der Waals surface area contributed by atoms with Crippen LogP contribution in [0.4, 0.5) is 5.95 Å². The highest BCUT2D eigenvalue weighted by Crippen LogP contribution is 2.33. The number of nitrogens with one attached hydrogen (secondary N) is 1. The van der Waals surface area contributed by atoms with Crippen molar-refractivity contribution in [3.63, 3.8) is 0 Å². The van der Waals surface area contributed by atoms with Gasteiger partial charge in [-0.1, -0.05) is 11.8 Å². The van der Waals surface area contributed by atoms with Crippen LogP contribution in [0.2, 0.25) is 0 Å². The Morgan fingerprint density at radius 1 is 1.65 bits per heavy atom. The number of carboxylic acids is 1. The number of thioether (sulfide) groups is 1. The second-order valence-corrected chi connectivity index (χ2v) is 4.58. The summed E-state index contributed by atoms with van der Waals surface area (Å²) in [5.74, 6) is -0.376. The lowest BCUT2D eigenvalue weighted by Crippen LogP contribution is -1.92. The predicted octanol–water partition coefficient (Wildman–Crippen LogP) is 1.53. The van der Waals surface area contributed by atoms with E-state index in [0.717, 1.165) is 0 Å². The van der Waals surface area contributed by atoms with Gasteiger partial charge < -0.3 is 15.3 Å². The highest BCUT2D eigenvalue weighted by molar-refractivity contribution is 7.99. The number of H-pyrrole nitrogens is 1. The van der Waals surface area contributed by atoms with Crippen LogP contribution in [0.15, 0.2) is 21.7 Å². The summed E-state index contributed by atoms with van der Waals surface area (Å²) >= 11 is 1.32. The molecule has 0 bridgehead atoms. The van der Waals surface area contributed by atoms with Crippen molar-refractivity contribution in [3.8, 4) is 0 Å². The third-order valence-electron chi connectivity index (χ3n) is 2.00. The lowest BCUT2D eigenvalue weighted by molar-refractivity contribution is 0.0660. The number of aromatic carboxylic acids is 1. The first-order valence-electron chi connectivity index (χ1n) is 4.74. The van der Waals surface area contributed by atoms with Gasteiger partial charge in [0.25, 0.3) is 0 Å². The van der Waals surface area contributed by atoms with Gasteiger partial charge >= 0.3 is 5.97 Å². The number of carboxylic acid groups (broad SMARTS) is 1. The van der Waals surface area contributed by atoms with Gasteiger partial charge in [0.15, 0.2) is 0 Å². The Kier molecular flexibility index (Phi) is 3.05. The van der Waals surface area contributed by atoms with E-state index >= 15 is 0 Å². The van der Waals surface area contributed by atoms with Crippen LogP contribution in [-0.4, -0.2) is 26.3 Å². The molecule has 0 aliphatic carbocycles. The van der Waals surface area contributed by atoms with Crippen molar-refractivity contribution in [3.05, 3.63) is 23.7 Å². The first-order valence-corrected chi connectivity index (χ1v) is 5.62. The summed E-state index contributed by atoms with van der Waals surface area (Å²) < 4.78 is 5.17. The molecule has 2 aromatic rings. The molecule has 0 radical (unpaired) electrons. The molecule has 90 valence electrons. The number of anilines is 1. The van der Waals surface area contributed by atoms with Crippen molar-refractivity contribution in [1.29, 1.82) is 0 Å². The van der Waals surface area contributed by atoms with Crippen LogP contribution in [0.5, 0.6) is 0 Å². The van der Waals surface area contributed by atoms with Crippen molar-refractivity contribution in [2.24, 2.45) is 0 Å². The molecule has 0 fully saturated rings. The van der Waals surface area contributed by atoms with Gasteiger partial charge in [-0.3, -0.25) is 0 Å². The van der Waals surface area contributed by atoms with Crippen molar-refractivity contribution in [2.45, 2.75) is 17.3 Å². The Morgan fingerprint density at radius 2 is 2.41 bits per heavy atom.